The van der Waals surface area contributed by atoms with E-state index in [1.165, 1.54) is 10.4 Å². The molecule has 1 unspecified atom stereocenters. The molecule has 1 atom stereocenters. The number of rotatable bonds is 5. The third kappa shape index (κ3) is 4.17. The molecule has 0 N–H and O–H groups in total. The Labute approximate surface area is 126 Å². The second-order valence-electron chi connectivity index (χ2n) is 5.45. The van der Waals surface area contributed by atoms with Gasteiger partial charge in [-0.3, -0.25) is 0 Å². The van der Waals surface area contributed by atoms with Crippen LogP contribution in [0, 0.1) is 5.82 Å². The maximum Gasteiger partial charge on any atom is 0.214 e. The summed E-state index contributed by atoms with van der Waals surface area (Å²) in [6.45, 7) is 4.48. The molecule has 1 aromatic carbocycles. The van der Waals surface area contributed by atoms with E-state index in [9.17, 15) is 12.8 Å². The van der Waals surface area contributed by atoms with Gasteiger partial charge in [-0.05, 0) is 32.3 Å². The van der Waals surface area contributed by atoms with Gasteiger partial charge in [-0.2, -0.15) is 4.31 Å². The molecule has 0 aromatic heterocycles. The van der Waals surface area contributed by atoms with Gasteiger partial charge in [0.25, 0.3) is 0 Å². The van der Waals surface area contributed by atoms with Crippen LogP contribution in [0.4, 0.5) is 4.39 Å². The monoisotopic (exact) mass is 315 g/mol. The Hall–Kier alpha value is -1.14. The average molecular weight is 315 g/mol. The Morgan fingerprint density at radius 3 is 2.76 bits per heavy atom. The van der Waals surface area contributed by atoms with Gasteiger partial charge in [-0.25, -0.2) is 12.8 Å². The average Bonchev–Trinajstić information content (AvgIpc) is 2.43. The summed E-state index contributed by atoms with van der Waals surface area (Å²) in [5.74, 6) is 0.216. The van der Waals surface area contributed by atoms with Crippen LogP contribution in [0.1, 0.15) is 38.7 Å². The van der Waals surface area contributed by atoms with Crippen molar-refractivity contribution >= 4 is 10.0 Å². The SMILES string of the molecule is CCC(C)Oc1ccc(CN2CCCCS2(=O)=O)c(F)c1. The Bertz CT molecular complexity index is 589. The predicted molar refractivity (Wildman–Crippen MR) is 80.2 cm³/mol. The van der Waals surface area contributed by atoms with Crippen LogP contribution in [-0.4, -0.2) is 31.1 Å². The van der Waals surface area contributed by atoms with Crippen molar-refractivity contribution in [3.63, 3.8) is 0 Å². The zero-order chi connectivity index (χ0) is 15.5. The lowest BCUT2D eigenvalue weighted by molar-refractivity contribution is 0.216. The van der Waals surface area contributed by atoms with Crippen molar-refractivity contribution in [2.24, 2.45) is 0 Å². The lowest BCUT2D eigenvalue weighted by Crippen LogP contribution is -2.37. The number of halogens is 1. The van der Waals surface area contributed by atoms with E-state index in [1.54, 1.807) is 12.1 Å². The molecular formula is C15H22FNO3S. The maximum atomic E-state index is 14.1. The van der Waals surface area contributed by atoms with Gasteiger partial charge in [-0.1, -0.05) is 13.0 Å². The highest BCUT2D eigenvalue weighted by Gasteiger charge is 2.26. The van der Waals surface area contributed by atoms with E-state index >= 15 is 0 Å². The molecular weight excluding hydrogens is 293 g/mol. The summed E-state index contributed by atoms with van der Waals surface area (Å²) in [6, 6.07) is 4.64. The molecule has 0 spiro atoms. The Kier molecular flexibility index (Phi) is 5.22. The topological polar surface area (TPSA) is 46.6 Å². The highest BCUT2D eigenvalue weighted by atomic mass is 32.2. The summed E-state index contributed by atoms with van der Waals surface area (Å²) in [6.07, 6.45) is 2.38. The first-order valence-corrected chi connectivity index (χ1v) is 8.96. The summed E-state index contributed by atoms with van der Waals surface area (Å²) >= 11 is 0. The summed E-state index contributed by atoms with van der Waals surface area (Å²) in [5, 5.41) is 0. The van der Waals surface area contributed by atoms with Crippen molar-refractivity contribution in [2.75, 3.05) is 12.3 Å². The van der Waals surface area contributed by atoms with Crippen LogP contribution in [0.25, 0.3) is 0 Å². The van der Waals surface area contributed by atoms with Crippen LogP contribution >= 0.6 is 0 Å². The molecule has 0 radical (unpaired) electrons. The second kappa shape index (κ2) is 6.75. The predicted octanol–water partition coefficient (Wildman–Crippen LogP) is 2.93. The fourth-order valence-electron chi connectivity index (χ4n) is 2.25. The van der Waals surface area contributed by atoms with Gasteiger partial charge in [0.2, 0.25) is 10.0 Å². The molecule has 0 saturated carbocycles. The maximum absolute atomic E-state index is 14.1. The first-order valence-electron chi connectivity index (χ1n) is 7.35. The first kappa shape index (κ1) is 16.2. The lowest BCUT2D eigenvalue weighted by atomic mass is 10.2. The number of benzene rings is 1. The van der Waals surface area contributed by atoms with Crippen molar-refractivity contribution in [3.05, 3.63) is 29.6 Å². The minimum absolute atomic E-state index is 0.0257. The summed E-state index contributed by atoms with van der Waals surface area (Å²) in [7, 11) is -3.24. The minimum atomic E-state index is -3.24. The van der Waals surface area contributed by atoms with E-state index in [4.69, 9.17) is 4.74 Å². The minimum Gasteiger partial charge on any atom is -0.491 e. The molecule has 1 fully saturated rings. The van der Waals surface area contributed by atoms with Gasteiger partial charge >= 0.3 is 0 Å². The van der Waals surface area contributed by atoms with E-state index in [2.05, 4.69) is 0 Å². The van der Waals surface area contributed by atoms with Crippen LogP contribution < -0.4 is 4.74 Å². The third-order valence-electron chi connectivity index (χ3n) is 3.74. The summed E-state index contributed by atoms with van der Waals surface area (Å²) in [4.78, 5) is 0. The fraction of sp³-hybridized carbons (Fsp3) is 0.600. The normalized spacial score (nSPS) is 20.1. The summed E-state index contributed by atoms with van der Waals surface area (Å²) in [5.41, 5.74) is 0.386. The van der Waals surface area contributed by atoms with Crippen LogP contribution in [0.3, 0.4) is 0 Å². The number of nitrogens with zero attached hydrogens (tertiary/aromatic N) is 1. The Balaban J connectivity index is 2.10. The van der Waals surface area contributed by atoms with Crippen molar-refractivity contribution in [1.29, 1.82) is 0 Å². The molecule has 118 valence electrons. The number of hydrogen-bond acceptors (Lipinski definition) is 3. The molecule has 0 amide bonds. The molecule has 1 saturated heterocycles. The van der Waals surface area contributed by atoms with E-state index in [0.717, 1.165) is 12.8 Å². The standard InChI is InChI=1S/C15H22FNO3S/c1-3-12(2)20-14-7-6-13(15(16)10-14)11-17-8-4-5-9-21(17,18)19/h6-7,10,12H,3-5,8-9,11H2,1-2H3. The summed E-state index contributed by atoms with van der Waals surface area (Å²) < 4.78 is 44.9. The van der Waals surface area contributed by atoms with Crippen molar-refractivity contribution in [1.82, 2.24) is 4.31 Å². The number of hydrogen-bond donors (Lipinski definition) is 0. The van der Waals surface area contributed by atoms with Crippen LogP contribution in [0.15, 0.2) is 18.2 Å². The van der Waals surface area contributed by atoms with Gasteiger partial charge in [0.15, 0.2) is 0 Å². The van der Waals surface area contributed by atoms with Gasteiger partial charge < -0.3 is 4.74 Å². The van der Waals surface area contributed by atoms with Gasteiger partial charge in [0, 0.05) is 24.7 Å². The van der Waals surface area contributed by atoms with Gasteiger partial charge in [0.05, 0.1) is 11.9 Å². The van der Waals surface area contributed by atoms with Crippen molar-refractivity contribution < 1.29 is 17.5 Å². The van der Waals surface area contributed by atoms with E-state index in [1.807, 2.05) is 13.8 Å². The van der Waals surface area contributed by atoms with Gasteiger partial charge in [-0.15, -0.1) is 0 Å². The quantitative estimate of drug-likeness (QED) is 0.839. The first-order chi connectivity index (χ1) is 9.92. The smallest absolute Gasteiger partial charge is 0.214 e. The lowest BCUT2D eigenvalue weighted by Gasteiger charge is -2.26. The zero-order valence-electron chi connectivity index (χ0n) is 12.5. The molecule has 21 heavy (non-hydrogen) atoms. The highest BCUT2D eigenvalue weighted by Crippen LogP contribution is 2.22. The molecule has 1 aliphatic heterocycles. The number of ether oxygens (including phenoxy) is 1. The largest absolute Gasteiger partial charge is 0.491 e. The van der Waals surface area contributed by atoms with Crippen molar-refractivity contribution in [2.45, 2.75) is 45.8 Å². The van der Waals surface area contributed by atoms with E-state index < -0.39 is 15.8 Å². The Morgan fingerprint density at radius 1 is 1.38 bits per heavy atom. The molecule has 6 heteroatoms. The van der Waals surface area contributed by atoms with E-state index in [-0.39, 0.29) is 18.4 Å². The molecule has 0 aliphatic carbocycles. The Morgan fingerprint density at radius 2 is 2.14 bits per heavy atom. The molecule has 4 nitrogen and oxygen atoms in total. The highest BCUT2D eigenvalue weighted by molar-refractivity contribution is 7.89. The van der Waals surface area contributed by atoms with Gasteiger partial charge in [0.1, 0.15) is 11.6 Å². The zero-order valence-corrected chi connectivity index (χ0v) is 13.3. The fourth-order valence-corrected chi connectivity index (χ4v) is 3.82. The van der Waals surface area contributed by atoms with E-state index in [0.29, 0.717) is 24.3 Å². The van der Waals surface area contributed by atoms with Crippen LogP contribution in [0.5, 0.6) is 5.75 Å². The van der Waals surface area contributed by atoms with Crippen LogP contribution in [-0.2, 0) is 16.6 Å². The molecule has 2 rings (SSSR count). The molecule has 1 aliphatic rings. The van der Waals surface area contributed by atoms with Crippen molar-refractivity contribution in [3.8, 4) is 5.75 Å². The third-order valence-corrected chi connectivity index (χ3v) is 5.64. The number of sulfonamides is 1. The molecule has 1 aromatic rings. The molecule has 1 heterocycles. The molecule has 0 bridgehead atoms. The van der Waals surface area contributed by atoms with Crippen LogP contribution in [0.2, 0.25) is 0 Å². The second-order valence-corrected chi connectivity index (χ2v) is 7.54.